The van der Waals surface area contributed by atoms with Crippen molar-refractivity contribution < 1.29 is 34.5 Å². The standard InChI is InChI=1S/C11H21NO.C10H19NO.C9H18N2O.C9H19NO.C9H17NO.2C9H18O.C9H16O/c1-8(2)10-6-4-5-7-11(10)12-9(3)13;1-8(2)9-5-3-4-6-10(9)11-7-12;1-6(2)7-4-3-5-8(11-12)9(7)10;1-6(2)9-7(10)4-3-5-8(9)11;1-6(2)7-4-3-5-8(11)9(7)10;3*1-7(2)8-5-3-4-6-9(8)10/h8,10-11H,4-7H2,1-3H3,(H,12,13);7-10H,3-6H2,1-2H3,(H,11,12);6-9H,3-5,10H2,1-2H3;6-9,11H,3-5,10H2,1-2H3;6-7,9H,3-5,10H2,1-2H3;2*7-10H,3-6H2,1-2H3;7-8H,3-6H2,1-2H3/t;;;;;8?,9-;;/m.....1../s1. The van der Waals surface area contributed by atoms with Crippen molar-refractivity contribution in [1.82, 2.24) is 10.6 Å². The van der Waals surface area contributed by atoms with Gasteiger partial charge in [-0.15, -0.1) is 0 Å². The summed E-state index contributed by atoms with van der Waals surface area (Å²) in [7, 11) is 0. The van der Waals surface area contributed by atoms with Crippen LogP contribution in [0, 0.1) is 99.6 Å². The Labute approximate surface area is 547 Å². The SMILES string of the molecule is CC(=O)NC1CCCCC1C(C)C.CC(C)C1C(N)CCCC1O.CC(C)C1CCCC(=O)C1N.CC(C)C1CCCC(N=O)C1N.CC(C)C1CCCCC1=O.CC(C)C1CCCCC1NC=O.CC(C)C1CCCCC1O.CC(C)C1CCCC[C@H]1O. The molecule has 0 aromatic rings. The number of aliphatic hydroxyl groups is 3. The number of Topliss-reactive ketones (excluding diaryl/α,β-unsaturated/α-hetero) is 2. The first-order valence-electron chi connectivity index (χ1n) is 37.1. The summed E-state index contributed by atoms with van der Waals surface area (Å²) in [6.07, 6.45) is 33.9. The number of carbonyl (C=O) groups is 4. The molecule has 0 heterocycles. The van der Waals surface area contributed by atoms with E-state index in [1.165, 1.54) is 96.3 Å². The van der Waals surface area contributed by atoms with Gasteiger partial charge >= 0.3 is 0 Å². The maximum atomic E-state index is 11.2. The van der Waals surface area contributed by atoms with Crippen molar-refractivity contribution >= 4 is 23.9 Å². The highest BCUT2D eigenvalue weighted by Crippen LogP contribution is 2.35. The van der Waals surface area contributed by atoms with Gasteiger partial charge in [0.1, 0.15) is 17.6 Å². The number of nitrogens with zero attached hydrogens (tertiary/aromatic N) is 1. The van der Waals surface area contributed by atoms with Gasteiger partial charge in [0, 0.05) is 55.8 Å². The molecule has 0 spiro atoms. The Morgan fingerprint density at radius 3 is 1.20 bits per heavy atom. The lowest BCUT2D eigenvalue weighted by atomic mass is 9.76. The molecule has 2 amide bonds. The average molecular weight is 1260 g/mol. The van der Waals surface area contributed by atoms with Gasteiger partial charge < -0.3 is 43.2 Å². The third kappa shape index (κ3) is 32.6. The highest BCUT2D eigenvalue weighted by Gasteiger charge is 2.35. The van der Waals surface area contributed by atoms with Crippen LogP contribution in [0.5, 0.6) is 0 Å². The zero-order chi connectivity index (χ0) is 67.5. The van der Waals surface area contributed by atoms with E-state index in [0.29, 0.717) is 119 Å². The molecule has 14 heteroatoms. The van der Waals surface area contributed by atoms with Crippen molar-refractivity contribution in [1.29, 1.82) is 0 Å². The van der Waals surface area contributed by atoms with Crippen molar-refractivity contribution in [3.63, 3.8) is 0 Å². The molecule has 0 bridgehead atoms. The highest BCUT2D eigenvalue weighted by molar-refractivity contribution is 5.84. The molecule has 0 saturated heterocycles. The predicted molar refractivity (Wildman–Crippen MR) is 373 cm³/mol. The molecule has 16 unspecified atom stereocenters. The lowest BCUT2D eigenvalue weighted by Crippen LogP contribution is -2.45. The van der Waals surface area contributed by atoms with Gasteiger partial charge in [-0.05, 0) is 192 Å². The van der Waals surface area contributed by atoms with E-state index in [0.717, 1.165) is 89.9 Å². The molecular weight excluding hydrogens is 1110 g/mol. The van der Waals surface area contributed by atoms with Crippen LogP contribution in [0.4, 0.5) is 0 Å². The number of nitroso groups, excluding NO2 is 1. The molecular formula is C75H146N6O8. The number of ketones is 2. The van der Waals surface area contributed by atoms with Crippen LogP contribution in [-0.4, -0.2) is 93.8 Å². The smallest absolute Gasteiger partial charge is 0.217 e. The van der Waals surface area contributed by atoms with Crippen molar-refractivity contribution in [2.75, 3.05) is 0 Å². The lowest BCUT2D eigenvalue weighted by molar-refractivity contribution is -0.126. The normalized spacial score (nSPS) is 33.1. The zero-order valence-electron chi connectivity index (χ0n) is 60.6. The third-order valence-corrected chi connectivity index (χ3v) is 22.1. The molecule has 8 saturated carbocycles. The predicted octanol–water partition coefficient (Wildman–Crippen LogP) is 15.4. The second-order valence-electron chi connectivity index (χ2n) is 31.5. The summed E-state index contributed by atoms with van der Waals surface area (Å²) < 4.78 is 0. The molecule has 8 aliphatic rings. The van der Waals surface area contributed by atoms with Crippen LogP contribution >= 0.6 is 0 Å². The molecule has 0 aromatic carbocycles. The number of nitrogens with two attached hydrogens (primary N) is 3. The van der Waals surface area contributed by atoms with Gasteiger partial charge in [0.25, 0.3) is 0 Å². The second kappa shape index (κ2) is 46.7. The summed E-state index contributed by atoms with van der Waals surface area (Å²) in [5.74, 6) is 9.96. The molecule has 89 heavy (non-hydrogen) atoms. The third-order valence-electron chi connectivity index (χ3n) is 22.1. The Bertz CT molecular complexity index is 1820. The number of aliphatic hydroxyl groups excluding tert-OH is 3. The largest absolute Gasteiger partial charge is 0.393 e. The molecule has 14 nitrogen and oxygen atoms in total. The van der Waals surface area contributed by atoms with Gasteiger partial charge in [-0.3, -0.25) is 19.2 Å². The van der Waals surface area contributed by atoms with Crippen molar-refractivity contribution in [3.05, 3.63) is 4.91 Å². The number of carbonyl (C=O) groups excluding carboxylic acids is 4. The van der Waals surface area contributed by atoms with Gasteiger partial charge in [0.2, 0.25) is 12.3 Å². The minimum absolute atomic E-state index is 0.00347. The summed E-state index contributed by atoms with van der Waals surface area (Å²) in [5.41, 5.74) is 17.6. The van der Waals surface area contributed by atoms with Crippen molar-refractivity contribution in [2.45, 2.75) is 358 Å². The van der Waals surface area contributed by atoms with E-state index in [9.17, 15) is 39.4 Å². The number of hydrogen-bond acceptors (Lipinski definition) is 12. The zero-order valence-corrected chi connectivity index (χ0v) is 60.6. The molecule has 8 aliphatic carbocycles. The topological polar surface area (TPSA) is 261 Å². The Kier molecular flexibility index (Phi) is 44.4. The fourth-order valence-corrected chi connectivity index (χ4v) is 16.4. The molecule has 0 aromatic heterocycles. The first kappa shape index (κ1) is 84.7. The quantitative estimate of drug-likeness (QED) is 0.0673. The Morgan fingerprint density at radius 1 is 0.438 bits per heavy atom. The second-order valence-corrected chi connectivity index (χ2v) is 31.5. The molecule has 11 N–H and O–H groups in total. The van der Waals surface area contributed by atoms with Crippen molar-refractivity contribution in [2.24, 2.45) is 117 Å². The van der Waals surface area contributed by atoms with Crippen LogP contribution in [0.2, 0.25) is 0 Å². The van der Waals surface area contributed by atoms with Gasteiger partial charge in [0.15, 0.2) is 0 Å². The van der Waals surface area contributed by atoms with Crippen LogP contribution in [0.1, 0.15) is 304 Å². The highest BCUT2D eigenvalue weighted by atomic mass is 16.3. The fraction of sp³-hybridized carbons (Fsp3) is 0.947. The fourth-order valence-electron chi connectivity index (χ4n) is 16.4. The van der Waals surface area contributed by atoms with Gasteiger partial charge in [0.05, 0.1) is 24.4 Å². The van der Waals surface area contributed by atoms with Gasteiger partial charge in [-0.1, -0.05) is 180 Å². The molecule has 0 aliphatic heterocycles. The van der Waals surface area contributed by atoms with Crippen LogP contribution in [-0.2, 0) is 19.2 Å². The van der Waals surface area contributed by atoms with Crippen LogP contribution < -0.4 is 27.8 Å². The van der Waals surface area contributed by atoms with Gasteiger partial charge in [-0.2, -0.15) is 4.91 Å². The molecule has 8 rings (SSSR count). The average Bonchev–Trinajstić information content (AvgIpc) is 3.67. The maximum absolute atomic E-state index is 11.2. The molecule has 17 atom stereocenters. The van der Waals surface area contributed by atoms with Crippen LogP contribution in [0.3, 0.4) is 0 Å². The first-order valence-corrected chi connectivity index (χ1v) is 37.1. The number of rotatable bonds is 12. The van der Waals surface area contributed by atoms with Crippen molar-refractivity contribution in [3.8, 4) is 0 Å². The monoisotopic (exact) mass is 1260 g/mol. The van der Waals surface area contributed by atoms with E-state index >= 15 is 0 Å². The summed E-state index contributed by atoms with van der Waals surface area (Å²) in [4.78, 5) is 54.1. The summed E-state index contributed by atoms with van der Waals surface area (Å²) >= 11 is 0. The van der Waals surface area contributed by atoms with E-state index in [2.05, 4.69) is 127 Å². The number of nitrogens with one attached hydrogen (secondary N) is 2. The first-order chi connectivity index (χ1) is 41.9. The Hall–Kier alpha value is -2.36. The van der Waals surface area contributed by atoms with Crippen LogP contribution in [0.25, 0.3) is 0 Å². The molecule has 524 valence electrons. The molecule has 8 fully saturated rings. The minimum atomic E-state index is -0.177. The van der Waals surface area contributed by atoms with E-state index < -0.39 is 0 Å². The van der Waals surface area contributed by atoms with E-state index in [-0.39, 0.29) is 54.2 Å². The summed E-state index contributed by atoms with van der Waals surface area (Å²) in [6, 6.07) is 0.785. The van der Waals surface area contributed by atoms with E-state index in [1.54, 1.807) is 6.92 Å². The number of hydrogen-bond donors (Lipinski definition) is 8. The number of amides is 2. The Balaban J connectivity index is 0.000000509. The summed E-state index contributed by atoms with van der Waals surface area (Å²) in [6.45, 7) is 36.6. The molecule has 0 radical (unpaired) electrons. The summed E-state index contributed by atoms with van der Waals surface area (Å²) in [5, 5.41) is 37.8. The lowest BCUT2D eigenvalue weighted by Gasteiger charge is -2.35. The maximum Gasteiger partial charge on any atom is 0.217 e. The Morgan fingerprint density at radius 2 is 0.831 bits per heavy atom. The van der Waals surface area contributed by atoms with Gasteiger partial charge in [-0.25, -0.2) is 0 Å². The minimum Gasteiger partial charge on any atom is -0.393 e. The van der Waals surface area contributed by atoms with E-state index in [4.69, 9.17) is 17.2 Å². The van der Waals surface area contributed by atoms with E-state index in [1.807, 2.05) is 0 Å². The van der Waals surface area contributed by atoms with Crippen LogP contribution in [0.15, 0.2) is 5.18 Å².